The molecule has 0 aliphatic rings. The fourth-order valence-corrected chi connectivity index (χ4v) is 2.05. The van der Waals surface area contributed by atoms with Crippen molar-refractivity contribution < 1.29 is 4.74 Å². The zero-order chi connectivity index (χ0) is 14.8. The summed E-state index contributed by atoms with van der Waals surface area (Å²) in [5.41, 5.74) is 2.54. The molecule has 110 valence electrons. The van der Waals surface area contributed by atoms with Gasteiger partial charge in [-0.2, -0.15) is 0 Å². The van der Waals surface area contributed by atoms with E-state index in [2.05, 4.69) is 22.4 Å². The molecule has 1 heterocycles. The molecule has 0 aliphatic heterocycles. The minimum atomic E-state index is 0.665. The van der Waals surface area contributed by atoms with Crippen LogP contribution in [-0.2, 0) is 13.0 Å². The normalized spacial score (nSPS) is 10.5. The van der Waals surface area contributed by atoms with Crippen LogP contribution >= 0.6 is 0 Å². The van der Waals surface area contributed by atoms with Crippen molar-refractivity contribution in [1.82, 2.24) is 10.3 Å². The lowest BCUT2D eigenvalue weighted by Crippen LogP contribution is -2.13. The van der Waals surface area contributed by atoms with Gasteiger partial charge >= 0.3 is 0 Å². The number of nitrogens with one attached hydrogen (secondary N) is 1. The molecule has 0 bridgehead atoms. The largest absolute Gasteiger partial charge is 0.494 e. The fraction of sp³-hybridized carbons (Fsp3) is 0.333. The third kappa shape index (κ3) is 5.96. The third-order valence-electron chi connectivity index (χ3n) is 3.20. The number of rotatable bonds is 9. The lowest BCUT2D eigenvalue weighted by Gasteiger charge is -2.08. The van der Waals surface area contributed by atoms with Crippen LogP contribution < -0.4 is 10.1 Å². The number of nitrogens with zero attached hydrogens (tertiary/aromatic N) is 1. The van der Waals surface area contributed by atoms with E-state index in [0.29, 0.717) is 6.42 Å². The highest BCUT2D eigenvalue weighted by atomic mass is 16.5. The van der Waals surface area contributed by atoms with Gasteiger partial charge in [-0.05, 0) is 68.1 Å². The SMILES string of the molecule is [CH]CCNCc1ccc(OCCCc2ccncc2)cc1. The van der Waals surface area contributed by atoms with Crippen LogP contribution in [0.5, 0.6) is 5.75 Å². The summed E-state index contributed by atoms with van der Waals surface area (Å²) in [5.74, 6) is 0.923. The molecular formula is C18H22N2O. The maximum absolute atomic E-state index is 5.75. The summed E-state index contributed by atoms with van der Waals surface area (Å²) < 4.78 is 5.75. The molecule has 0 aliphatic carbocycles. The Morgan fingerprint density at radius 2 is 1.76 bits per heavy atom. The predicted molar refractivity (Wildman–Crippen MR) is 85.1 cm³/mol. The quantitative estimate of drug-likeness (QED) is 0.717. The molecule has 0 spiro atoms. The highest BCUT2D eigenvalue weighted by molar-refractivity contribution is 5.27. The summed E-state index contributed by atoms with van der Waals surface area (Å²) in [4.78, 5) is 4.01. The summed E-state index contributed by atoms with van der Waals surface area (Å²) in [6.45, 7) is 7.86. The van der Waals surface area contributed by atoms with Crippen molar-refractivity contribution in [3.63, 3.8) is 0 Å². The van der Waals surface area contributed by atoms with E-state index >= 15 is 0 Å². The van der Waals surface area contributed by atoms with Crippen molar-refractivity contribution in [2.75, 3.05) is 13.2 Å². The van der Waals surface area contributed by atoms with Crippen LogP contribution in [0.15, 0.2) is 48.8 Å². The standard InChI is InChI=1S/C18H22N2O/c1-2-11-20-15-17-5-7-18(8-6-17)21-14-3-4-16-9-12-19-13-10-16/h1,5-10,12-13,20H,2-4,11,14-15H2. The van der Waals surface area contributed by atoms with Gasteiger partial charge in [0.25, 0.3) is 0 Å². The zero-order valence-corrected chi connectivity index (χ0v) is 12.3. The van der Waals surface area contributed by atoms with E-state index in [4.69, 9.17) is 11.7 Å². The molecule has 2 rings (SSSR count). The Labute approximate surface area is 127 Å². The van der Waals surface area contributed by atoms with Gasteiger partial charge in [-0.15, -0.1) is 0 Å². The summed E-state index contributed by atoms with van der Waals surface area (Å²) >= 11 is 0. The van der Waals surface area contributed by atoms with E-state index in [9.17, 15) is 0 Å². The number of aryl methyl sites for hydroxylation is 1. The van der Waals surface area contributed by atoms with E-state index in [1.54, 1.807) is 0 Å². The summed E-state index contributed by atoms with van der Waals surface area (Å²) in [5, 5.41) is 3.27. The Hall–Kier alpha value is -1.87. The van der Waals surface area contributed by atoms with Crippen molar-refractivity contribution >= 4 is 0 Å². The Morgan fingerprint density at radius 1 is 1.00 bits per heavy atom. The second-order valence-electron chi connectivity index (χ2n) is 4.92. The average molecular weight is 282 g/mol. The highest BCUT2D eigenvalue weighted by Gasteiger charge is 1.97. The molecule has 21 heavy (non-hydrogen) atoms. The summed E-state index contributed by atoms with van der Waals surface area (Å²) in [7, 11) is 0. The molecule has 1 N–H and O–H groups in total. The molecule has 1 aromatic heterocycles. The van der Waals surface area contributed by atoms with Gasteiger partial charge < -0.3 is 10.1 Å². The van der Waals surface area contributed by atoms with Gasteiger partial charge in [-0.1, -0.05) is 12.1 Å². The molecule has 0 unspecified atom stereocenters. The van der Waals surface area contributed by atoms with Crippen molar-refractivity contribution in [3.05, 3.63) is 66.8 Å². The molecule has 0 saturated heterocycles. The first-order valence-corrected chi connectivity index (χ1v) is 7.40. The smallest absolute Gasteiger partial charge is 0.119 e. The molecule has 0 amide bonds. The fourth-order valence-electron chi connectivity index (χ4n) is 2.05. The Morgan fingerprint density at radius 3 is 2.48 bits per heavy atom. The minimum absolute atomic E-state index is 0.665. The number of benzene rings is 1. The molecular weight excluding hydrogens is 260 g/mol. The average Bonchev–Trinajstić information content (AvgIpc) is 2.54. The van der Waals surface area contributed by atoms with Gasteiger partial charge in [-0.3, -0.25) is 4.98 Å². The maximum Gasteiger partial charge on any atom is 0.119 e. The van der Waals surface area contributed by atoms with Gasteiger partial charge in [0.05, 0.1) is 6.61 Å². The number of aromatic nitrogens is 1. The Kier molecular flexibility index (Phi) is 6.75. The minimum Gasteiger partial charge on any atom is -0.494 e. The molecule has 3 nitrogen and oxygen atoms in total. The van der Waals surface area contributed by atoms with Crippen molar-refractivity contribution in [2.24, 2.45) is 0 Å². The predicted octanol–water partition coefficient (Wildman–Crippen LogP) is 3.28. The van der Waals surface area contributed by atoms with Crippen LogP contribution in [0.3, 0.4) is 0 Å². The van der Waals surface area contributed by atoms with Crippen LogP contribution in [0.4, 0.5) is 0 Å². The Bertz CT molecular complexity index is 496. The molecule has 3 heteroatoms. The second-order valence-corrected chi connectivity index (χ2v) is 4.92. The number of hydrogen-bond donors (Lipinski definition) is 1. The zero-order valence-electron chi connectivity index (χ0n) is 12.3. The lowest BCUT2D eigenvalue weighted by atomic mass is 10.1. The number of ether oxygens (including phenoxy) is 1. The topological polar surface area (TPSA) is 34.1 Å². The number of pyridine rings is 1. The maximum atomic E-state index is 5.75. The van der Waals surface area contributed by atoms with E-state index in [0.717, 1.165) is 38.3 Å². The van der Waals surface area contributed by atoms with Crippen LogP contribution in [-0.4, -0.2) is 18.1 Å². The molecule has 0 atom stereocenters. The number of hydrogen-bond acceptors (Lipinski definition) is 3. The van der Waals surface area contributed by atoms with Crippen LogP contribution in [0, 0.1) is 6.92 Å². The van der Waals surface area contributed by atoms with E-state index < -0.39 is 0 Å². The molecule has 1 aromatic carbocycles. The van der Waals surface area contributed by atoms with Crippen molar-refractivity contribution in [3.8, 4) is 5.75 Å². The molecule has 0 fully saturated rings. The first-order valence-electron chi connectivity index (χ1n) is 7.40. The van der Waals surface area contributed by atoms with Crippen molar-refractivity contribution in [2.45, 2.75) is 25.8 Å². The van der Waals surface area contributed by atoms with Gasteiger partial charge in [0.15, 0.2) is 0 Å². The summed E-state index contributed by atoms with van der Waals surface area (Å²) in [6.07, 6.45) is 6.34. The third-order valence-corrected chi connectivity index (χ3v) is 3.20. The molecule has 2 radical (unpaired) electrons. The highest BCUT2D eigenvalue weighted by Crippen LogP contribution is 2.13. The van der Waals surface area contributed by atoms with E-state index in [1.807, 2.05) is 36.7 Å². The van der Waals surface area contributed by atoms with E-state index in [1.165, 1.54) is 11.1 Å². The monoisotopic (exact) mass is 282 g/mol. The second kappa shape index (κ2) is 9.14. The van der Waals surface area contributed by atoms with Crippen molar-refractivity contribution in [1.29, 1.82) is 0 Å². The van der Waals surface area contributed by atoms with Gasteiger partial charge in [0.2, 0.25) is 0 Å². The van der Waals surface area contributed by atoms with E-state index in [-0.39, 0.29) is 0 Å². The Balaban J connectivity index is 1.66. The molecule has 2 aromatic rings. The van der Waals surface area contributed by atoms with Crippen LogP contribution in [0.2, 0.25) is 0 Å². The molecule has 0 saturated carbocycles. The lowest BCUT2D eigenvalue weighted by molar-refractivity contribution is 0.311. The first-order chi connectivity index (χ1) is 10.4. The van der Waals surface area contributed by atoms with Gasteiger partial charge in [0, 0.05) is 18.9 Å². The van der Waals surface area contributed by atoms with Crippen LogP contribution in [0.1, 0.15) is 24.0 Å². The summed E-state index contributed by atoms with van der Waals surface area (Å²) in [6, 6.07) is 12.3. The van der Waals surface area contributed by atoms with Gasteiger partial charge in [-0.25, -0.2) is 0 Å². The first kappa shape index (κ1) is 15.5. The van der Waals surface area contributed by atoms with Gasteiger partial charge in [0.1, 0.15) is 5.75 Å². The van der Waals surface area contributed by atoms with Crippen LogP contribution in [0.25, 0.3) is 0 Å².